The van der Waals surface area contributed by atoms with Gasteiger partial charge in [-0.2, -0.15) is 0 Å². The van der Waals surface area contributed by atoms with Gasteiger partial charge >= 0.3 is 0 Å². The molecule has 1 heteroatoms. The van der Waals surface area contributed by atoms with Gasteiger partial charge in [0.2, 0.25) is 0 Å². The fourth-order valence-electron chi connectivity index (χ4n) is 2.42. The van der Waals surface area contributed by atoms with Crippen molar-refractivity contribution in [1.82, 2.24) is 4.90 Å². The van der Waals surface area contributed by atoms with Crippen LogP contribution >= 0.6 is 0 Å². The number of likely N-dealkylation sites (tertiary alicyclic amines) is 1. The highest BCUT2D eigenvalue weighted by molar-refractivity contribution is 4.91. The van der Waals surface area contributed by atoms with E-state index in [1.807, 2.05) is 0 Å². The van der Waals surface area contributed by atoms with E-state index >= 15 is 0 Å². The first kappa shape index (κ1) is 10.0. The first-order valence-electron chi connectivity index (χ1n) is 5.23. The highest BCUT2D eigenvalue weighted by atomic mass is 15.2. The molecule has 72 valence electrons. The van der Waals surface area contributed by atoms with E-state index in [0.717, 1.165) is 5.92 Å². The molecular weight excluding hydrogens is 146 g/mol. The lowest BCUT2D eigenvalue weighted by molar-refractivity contribution is 0.00534. The molecule has 0 amide bonds. The first-order chi connectivity index (χ1) is 5.46. The van der Waals surface area contributed by atoms with E-state index in [1.54, 1.807) is 0 Å². The Bertz CT molecular complexity index is 149. The minimum absolute atomic E-state index is 0.409. The van der Waals surface area contributed by atoms with Crippen molar-refractivity contribution in [2.45, 2.75) is 59.0 Å². The minimum atomic E-state index is 0.409. The Morgan fingerprint density at radius 1 is 1.33 bits per heavy atom. The average molecular weight is 169 g/mol. The third kappa shape index (κ3) is 1.66. The summed E-state index contributed by atoms with van der Waals surface area (Å²) < 4.78 is 0. The molecule has 0 radical (unpaired) electrons. The fourth-order valence-corrected chi connectivity index (χ4v) is 2.42. The normalized spacial score (nSPS) is 31.0. The van der Waals surface area contributed by atoms with E-state index < -0.39 is 0 Å². The predicted molar refractivity (Wildman–Crippen MR) is 54.3 cm³/mol. The molecule has 1 unspecified atom stereocenters. The van der Waals surface area contributed by atoms with Crippen LogP contribution in [-0.2, 0) is 0 Å². The van der Waals surface area contributed by atoms with Crippen LogP contribution in [0.3, 0.4) is 0 Å². The Labute approximate surface area is 77.1 Å². The second-order valence-electron chi connectivity index (χ2n) is 4.98. The van der Waals surface area contributed by atoms with Gasteiger partial charge in [-0.1, -0.05) is 6.92 Å². The summed E-state index contributed by atoms with van der Waals surface area (Å²) in [6.07, 6.45) is 2.78. The average Bonchev–Trinajstić information content (AvgIpc) is 1.94. The minimum Gasteiger partial charge on any atom is -0.296 e. The van der Waals surface area contributed by atoms with Crippen molar-refractivity contribution >= 4 is 0 Å². The van der Waals surface area contributed by atoms with Gasteiger partial charge in [-0.3, -0.25) is 4.90 Å². The molecular formula is C11H23N. The standard InChI is InChI=1S/C11H23N/c1-9(2)12-8-6-7-10(3)11(12,4)5/h9-10H,6-8H2,1-5H3. The fraction of sp³-hybridized carbons (Fsp3) is 1.00. The molecule has 0 aromatic rings. The number of hydrogen-bond donors (Lipinski definition) is 0. The SMILES string of the molecule is CC(C)N1CCCC(C)C1(C)C. The Hall–Kier alpha value is -0.0400. The van der Waals surface area contributed by atoms with E-state index in [4.69, 9.17) is 0 Å². The van der Waals surface area contributed by atoms with Crippen LogP contribution in [-0.4, -0.2) is 23.0 Å². The van der Waals surface area contributed by atoms with E-state index in [9.17, 15) is 0 Å². The zero-order chi connectivity index (χ0) is 9.35. The second kappa shape index (κ2) is 3.37. The molecule has 12 heavy (non-hydrogen) atoms. The van der Waals surface area contributed by atoms with Gasteiger partial charge in [-0.15, -0.1) is 0 Å². The maximum atomic E-state index is 2.64. The van der Waals surface area contributed by atoms with Crippen molar-refractivity contribution in [2.24, 2.45) is 5.92 Å². The van der Waals surface area contributed by atoms with Crippen LogP contribution in [0.4, 0.5) is 0 Å². The van der Waals surface area contributed by atoms with Crippen molar-refractivity contribution < 1.29 is 0 Å². The van der Waals surface area contributed by atoms with Crippen molar-refractivity contribution in [3.05, 3.63) is 0 Å². The summed E-state index contributed by atoms with van der Waals surface area (Å²) in [5.74, 6) is 0.841. The summed E-state index contributed by atoms with van der Waals surface area (Å²) in [6.45, 7) is 13.1. The number of nitrogens with zero attached hydrogens (tertiary/aromatic N) is 1. The van der Waals surface area contributed by atoms with E-state index in [2.05, 4.69) is 39.5 Å². The molecule has 1 aliphatic rings. The highest BCUT2D eigenvalue weighted by Crippen LogP contribution is 2.33. The molecule has 1 fully saturated rings. The molecule has 0 aromatic heterocycles. The largest absolute Gasteiger partial charge is 0.296 e. The van der Waals surface area contributed by atoms with Gasteiger partial charge in [0, 0.05) is 11.6 Å². The smallest absolute Gasteiger partial charge is 0.0181 e. The monoisotopic (exact) mass is 169 g/mol. The first-order valence-corrected chi connectivity index (χ1v) is 5.23. The Kier molecular flexibility index (Phi) is 2.82. The lowest BCUT2D eigenvalue weighted by Gasteiger charge is -2.49. The molecule has 1 saturated heterocycles. The topological polar surface area (TPSA) is 3.24 Å². The summed E-state index contributed by atoms with van der Waals surface area (Å²) >= 11 is 0. The Morgan fingerprint density at radius 2 is 1.92 bits per heavy atom. The summed E-state index contributed by atoms with van der Waals surface area (Å²) in [7, 11) is 0. The van der Waals surface area contributed by atoms with Gasteiger partial charge in [0.05, 0.1) is 0 Å². The van der Waals surface area contributed by atoms with Crippen LogP contribution in [0.25, 0.3) is 0 Å². The van der Waals surface area contributed by atoms with Crippen LogP contribution in [0, 0.1) is 5.92 Å². The molecule has 0 bridgehead atoms. The van der Waals surface area contributed by atoms with Gasteiger partial charge in [0.15, 0.2) is 0 Å². The third-order valence-electron chi connectivity index (χ3n) is 3.61. The number of piperidine rings is 1. The van der Waals surface area contributed by atoms with Crippen LogP contribution in [0.2, 0.25) is 0 Å². The predicted octanol–water partition coefficient (Wildman–Crippen LogP) is 2.91. The molecule has 0 N–H and O–H groups in total. The lowest BCUT2D eigenvalue weighted by atomic mass is 9.79. The maximum Gasteiger partial charge on any atom is 0.0181 e. The molecule has 0 spiro atoms. The second-order valence-corrected chi connectivity index (χ2v) is 4.98. The van der Waals surface area contributed by atoms with E-state index in [1.165, 1.54) is 19.4 Å². The van der Waals surface area contributed by atoms with E-state index in [0.29, 0.717) is 11.6 Å². The van der Waals surface area contributed by atoms with E-state index in [-0.39, 0.29) is 0 Å². The van der Waals surface area contributed by atoms with Crippen LogP contribution < -0.4 is 0 Å². The van der Waals surface area contributed by atoms with Gasteiger partial charge in [0.1, 0.15) is 0 Å². The summed E-state index contributed by atoms with van der Waals surface area (Å²) in [4.78, 5) is 2.64. The Balaban J connectivity index is 2.72. The zero-order valence-corrected chi connectivity index (χ0v) is 9.22. The highest BCUT2D eigenvalue weighted by Gasteiger charge is 2.36. The molecule has 0 aromatic carbocycles. The number of rotatable bonds is 1. The van der Waals surface area contributed by atoms with Gasteiger partial charge < -0.3 is 0 Å². The van der Waals surface area contributed by atoms with Crippen LogP contribution in [0.5, 0.6) is 0 Å². The third-order valence-corrected chi connectivity index (χ3v) is 3.61. The maximum absolute atomic E-state index is 2.64. The molecule has 0 saturated carbocycles. The van der Waals surface area contributed by atoms with Gasteiger partial charge in [0.25, 0.3) is 0 Å². The molecule has 1 heterocycles. The zero-order valence-electron chi connectivity index (χ0n) is 9.22. The molecule has 0 aliphatic carbocycles. The molecule has 1 rings (SSSR count). The quantitative estimate of drug-likeness (QED) is 0.583. The van der Waals surface area contributed by atoms with Crippen LogP contribution in [0.15, 0.2) is 0 Å². The lowest BCUT2D eigenvalue weighted by Crippen LogP contribution is -2.55. The molecule has 1 nitrogen and oxygen atoms in total. The molecule has 1 atom stereocenters. The van der Waals surface area contributed by atoms with Crippen molar-refractivity contribution in [3.8, 4) is 0 Å². The Morgan fingerprint density at radius 3 is 2.33 bits per heavy atom. The van der Waals surface area contributed by atoms with Crippen LogP contribution in [0.1, 0.15) is 47.5 Å². The summed E-state index contributed by atoms with van der Waals surface area (Å²) in [5.41, 5.74) is 0.409. The van der Waals surface area contributed by atoms with Gasteiger partial charge in [-0.25, -0.2) is 0 Å². The van der Waals surface area contributed by atoms with Crippen molar-refractivity contribution in [2.75, 3.05) is 6.54 Å². The summed E-state index contributed by atoms with van der Waals surface area (Å²) in [6, 6.07) is 0.697. The van der Waals surface area contributed by atoms with Crippen molar-refractivity contribution in [1.29, 1.82) is 0 Å². The van der Waals surface area contributed by atoms with Crippen molar-refractivity contribution in [3.63, 3.8) is 0 Å². The number of hydrogen-bond acceptors (Lipinski definition) is 1. The van der Waals surface area contributed by atoms with Gasteiger partial charge in [-0.05, 0) is 53.0 Å². The summed E-state index contributed by atoms with van der Waals surface area (Å²) in [5, 5.41) is 0. The molecule has 1 aliphatic heterocycles.